The largest absolute Gasteiger partial charge is 0.497 e. The van der Waals surface area contributed by atoms with E-state index in [1.165, 1.54) is 14.2 Å². The van der Waals surface area contributed by atoms with Crippen molar-refractivity contribution in [3.63, 3.8) is 0 Å². The van der Waals surface area contributed by atoms with Crippen LogP contribution in [0.25, 0.3) is 10.9 Å². The van der Waals surface area contributed by atoms with Crippen molar-refractivity contribution in [2.45, 2.75) is 26.0 Å². The van der Waals surface area contributed by atoms with Gasteiger partial charge in [0.15, 0.2) is 6.10 Å². The minimum Gasteiger partial charge on any atom is -0.497 e. The maximum absolute atomic E-state index is 13.3. The van der Waals surface area contributed by atoms with Crippen LogP contribution in [0.5, 0.6) is 11.5 Å². The lowest BCUT2D eigenvalue weighted by atomic mass is 9.96. The maximum atomic E-state index is 13.3. The Morgan fingerprint density at radius 1 is 1.09 bits per heavy atom. The van der Waals surface area contributed by atoms with Gasteiger partial charge in [-0.1, -0.05) is 18.2 Å². The monoisotopic (exact) mass is 449 g/mol. The molecule has 1 unspecified atom stereocenters. The van der Waals surface area contributed by atoms with Crippen molar-refractivity contribution in [2.24, 2.45) is 0 Å². The van der Waals surface area contributed by atoms with Gasteiger partial charge in [0.2, 0.25) is 0 Å². The van der Waals surface area contributed by atoms with Gasteiger partial charge in [-0.05, 0) is 20.0 Å². The lowest BCUT2D eigenvalue weighted by Crippen LogP contribution is -2.32. The molecule has 1 N–H and O–H groups in total. The first-order valence-corrected chi connectivity index (χ1v) is 10.7. The molecule has 1 aliphatic rings. The maximum Gasteiger partial charge on any atom is 0.339 e. The number of carbonyl (C=O) groups excluding carboxylic acids is 2. The number of amides is 1. The highest BCUT2D eigenvalue weighted by atomic mass is 16.5. The number of esters is 1. The zero-order valence-electron chi connectivity index (χ0n) is 19.2. The fourth-order valence-corrected chi connectivity index (χ4v) is 3.95. The van der Waals surface area contributed by atoms with Gasteiger partial charge in [0.25, 0.3) is 5.91 Å². The number of aromatic nitrogens is 1. The standard InChI is InChI=1S/C25H27N3O5/c1-15(24(29)26-16-11-17(31-3)13-18(12-16)32-4)33-25(30)23-19-7-5-6-8-21(19)27-22-9-10-28(2)14-20(22)23/h5-8,11-13,15H,9-10,14H2,1-4H3,(H,26,29). The number of benzene rings is 2. The second-order valence-electron chi connectivity index (χ2n) is 8.06. The molecule has 0 aliphatic carbocycles. The highest BCUT2D eigenvalue weighted by Gasteiger charge is 2.28. The number of rotatable bonds is 6. The highest BCUT2D eigenvalue weighted by Crippen LogP contribution is 2.29. The van der Waals surface area contributed by atoms with Crippen LogP contribution in [-0.4, -0.2) is 55.7 Å². The second kappa shape index (κ2) is 9.46. The second-order valence-corrected chi connectivity index (χ2v) is 8.06. The average Bonchev–Trinajstić information content (AvgIpc) is 2.82. The average molecular weight is 450 g/mol. The van der Waals surface area contributed by atoms with Crippen molar-refractivity contribution in [3.8, 4) is 11.5 Å². The Morgan fingerprint density at radius 2 is 1.79 bits per heavy atom. The van der Waals surface area contributed by atoms with Gasteiger partial charge in [0.05, 0.1) is 25.3 Å². The third-order valence-electron chi connectivity index (χ3n) is 5.71. The summed E-state index contributed by atoms with van der Waals surface area (Å²) in [6, 6.07) is 12.5. The molecule has 3 aromatic rings. The van der Waals surface area contributed by atoms with E-state index in [-0.39, 0.29) is 0 Å². The molecule has 1 aromatic heterocycles. The van der Waals surface area contributed by atoms with Crippen LogP contribution >= 0.6 is 0 Å². The van der Waals surface area contributed by atoms with E-state index < -0.39 is 18.0 Å². The molecule has 0 radical (unpaired) electrons. The number of para-hydroxylation sites is 1. The number of methoxy groups -OCH3 is 2. The summed E-state index contributed by atoms with van der Waals surface area (Å²) in [7, 11) is 5.07. The van der Waals surface area contributed by atoms with Crippen molar-refractivity contribution < 1.29 is 23.8 Å². The van der Waals surface area contributed by atoms with E-state index in [2.05, 4.69) is 10.2 Å². The number of ether oxygens (including phenoxy) is 3. The minimum atomic E-state index is -1.02. The number of pyridine rings is 1. The van der Waals surface area contributed by atoms with Crippen LogP contribution in [0.2, 0.25) is 0 Å². The van der Waals surface area contributed by atoms with E-state index in [4.69, 9.17) is 19.2 Å². The smallest absolute Gasteiger partial charge is 0.339 e. The van der Waals surface area contributed by atoms with Gasteiger partial charge >= 0.3 is 5.97 Å². The van der Waals surface area contributed by atoms with Crippen LogP contribution < -0.4 is 14.8 Å². The molecule has 1 amide bonds. The van der Waals surface area contributed by atoms with Crippen LogP contribution in [0.15, 0.2) is 42.5 Å². The Hall–Kier alpha value is -3.65. The Bertz CT molecular complexity index is 1190. The first-order valence-electron chi connectivity index (χ1n) is 10.7. The Morgan fingerprint density at radius 3 is 2.48 bits per heavy atom. The number of hydrogen-bond acceptors (Lipinski definition) is 7. The molecule has 4 rings (SSSR count). The number of likely N-dealkylation sites (N-methyl/N-ethyl adjacent to an activating group) is 1. The number of fused-ring (bicyclic) bond motifs is 2. The number of nitrogens with one attached hydrogen (secondary N) is 1. The molecule has 33 heavy (non-hydrogen) atoms. The van der Waals surface area contributed by atoms with Gasteiger partial charge in [-0.3, -0.25) is 9.78 Å². The quantitative estimate of drug-likeness (QED) is 0.577. The van der Waals surface area contributed by atoms with Crippen LogP contribution in [0.1, 0.15) is 28.5 Å². The predicted molar refractivity (Wildman–Crippen MR) is 125 cm³/mol. The van der Waals surface area contributed by atoms with Crippen molar-refractivity contribution >= 4 is 28.5 Å². The van der Waals surface area contributed by atoms with E-state index in [1.54, 1.807) is 25.1 Å². The first-order chi connectivity index (χ1) is 15.9. The summed E-state index contributed by atoms with van der Waals surface area (Å²) in [6.45, 7) is 3.02. The van der Waals surface area contributed by atoms with Crippen molar-refractivity contribution in [1.82, 2.24) is 9.88 Å². The summed E-state index contributed by atoms with van der Waals surface area (Å²) in [5.41, 5.74) is 3.46. The fourth-order valence-electron chi connectivity index (χ4n) is 3.95. The van der Waals surface area contributed by atoms with Crippen molar-refractivity contribution in [3.05, 3.63) is 59.3 Å². The van der Waals surface area contributed by atoms with Gasteiger partial charge < -0.3 is 24.4 Å². The summed E-state index contributed by atoms with van der Waals surface area (Å²) < 4.78 is 16.1. The lowest BCUT2D eigenvalue weighted by Gasteiger charge is -2.27. The number of hydrogen-bond donors (Lipinski definition) is 1. The molecule has 8 nitrogen and oxygen atoms in total. The molecule has 0 bridgehead atoms. The van der Waals surface area contributed by atoms with E-state index in [9.17, 15) is 9.59 Å². The minimum absolute atomic E-state index is 0.456. The third kappa shape index (κ3) is 4.75. The molecule has 0 spiro atoms. The van der Waals surface area contributed by atoms with E-state index in [0.717, 1.165) is 35.1 Å². The molecule has 8 heteroatoms. The molecule has 172 valence electrons. The molecular formula is C25H27N3O5. The molecule has 1 aliphatic heterocycles. The van der Waals surface area contributed by atoms with Gasteiger partial charge in [-0.15, -0.1) is 0 Å². The Balaban J connectivity index is 1.58. The molecule has 1 atom stereocenters. The van der Waals surface area contributed by atoms with E-state index in [1.807, 2.05) is 31.3 Å². The summed E-state index contributed by atoms with van der Waals surface area (Å²) in [6.07, 6.45) is -0.261. The summed E-state index contributed by atoms with van der Waals surface area (Å²) in [5.74, 6) is 0.0793. The summed E-state index contributed by atoms with van der Waals surface area (Å²) in [5, 5.41) is 3.48. The summed E-state index contributed by atoms with van der Waals surface area (Å²) in [4.78, 5) is 33.0. The topological polar surface area (TPSA) is 90.0 Å². The molecule has 2 heterocycles. The number of carbonyl (C=O) groups is 2. The molecule has 0 saturated heterocycles. The van der Waals surface area contributed by atoms with Crippen molar-refractivity contribution in [1.29, 1.82) is 0 Å². The SMILES string of the molecule is COc1cc(NC(=O)C(C)OC(=O)c2c3c(nc4ccccc24)CCN(C)C3)cc(OC)c1. The van der Waals surface area contributed by atoms with Crippen LogP contribution in [0, 0.1) is 0 Å². The number of nitrogens with zero attached hydrogens (tertiary/aromatic N) is 2. The Kier molecular flexibility index (Phi) is 6.46. The van der Waals surface area contributed by atoms with Crippen LogP contribution in [0.3, 0.4) is 0 Å². The molecule has 0 saturated carbocycles. The fraction of sp³-hybridized carbons (Fsp3) is 0.320. The molecule has 0 fully saturated rings. The highest BCUT2D eigenvalue weighted by molar-refractivity contribution is 6.06. The van der Waals surface area contributed by atoms with Gasteiger partial charge in [-0.2, -0.15) is 0 Å². The molecular weight excluding hydrogens is 422 g/mol. The van der Waals surface area contributed by atoms with E-state index >= 15 is 0 Å². The number of anilines is 1. The first kappa shape index (κ1) is 22.5. The van der Waals surface area contributed by atoms with E-state index in [0.29, 0.717) is 29.3 Å². The van der Waals surface area contributed by atoms with Gasteiger partial charge in [-0.25, -0.2) is 4.79 Å². The lowest BCUT2D eigenvalue weighted by molar-refractivity contribution is -0.123. The van der Waals surface area contributed by atoms with Gasteiger partial charge in [0, 0.05) is 60.0 Å². The molecule has 2 aromatic carbocycles. The zero-order valence-corrected chi connectivity index (χ0v) is 19.2. The van der Waals surface area contributed by atoms with Crippen LogP contribution in [-0.2, 0) is 22.5 Å². The predicted octanol–water partition coefficient (Wildman–Crippen LogP) is 3.42. The Labute approximate surface area is 192 Å². The third-order valence-corrected chi connectivity index (χ3v) is 5.71. The zero-order chi connectivity index (χ0) is 23.5. The van der Waals surface area contributed by atoms with Gasteiger partial charge in [0.1, 0.15) is 11.5 Å². The normalized spacial score (nSPS) is 14.3. The van der Waals surface area contributed by atoms with Crippen molar-refractivity contribution in [2.75, 3.05) is 33.1 Å². The van der Waals surface area contributed by atoms with Crippen LogP contribution in [0.4, 0.5) is 5.69 Å². The summed E-state index contributed by atoms with van der Waals surface area (Å²) >= 11 is 0.